The molecule has 4 heteroatoms. The molecule has 0 saturated carbocycles. The van der Waals surface area contributed by atoms with Gasteiger partial charge in [0.25, 0.3) is 0 Å². The van der Waals surface area contributed by atoms with Gasteiger partial charge in [-0.1, -0.05) is 19.1 Å². The van der Waals surface area contributed by atoms with E-state index in [1.807, 2.05) is 5.38 Å². The van der Waals surface area contributed by atoms with Crippen LogP contribution in [0, 0.1) is 0 Å². The van der Waals surface area contributed by atoms with E-state index in [0.29, 0.717) is 4.20 Å². The maximum atomic E-state index is 4.84. The third-order valence-corrected chi connectivity index (χ3v) is 2.69. The van der Waals surface area contributed by atoms with Gasteiger partial charge in [0.15, 0.2) is 0 Å². The zero-order chi connectivity index (χ0) is 7.56. The Kier molecular flexibility index (Phi) is 2.82. The molecule has 0 unspecified atom stereocenters. The number of rotatable bonds is 2. The predicted molar refractivity (Wildman–Crippen MR) is 52.2 cm³/mol. The first-order chi connectivity index (χ1) is 4.74. The maximum Gasteiger partial charge on any atom is 0.140 e. The monoisotopic (exact) mass is 189 g/mol. The number of hydrogen-bond donors (Lipinski definition) is 1. The molecule has 54 valence electrons. The molecule has 0 bridgehead atoms. The van der Waals surface area contributed by atoms with Gasteiger partial charge in [0.05, 0.1) is 5.69 Å². The average Bonchev–Trinajstić information content (AvgIpc) is 2.34. The van der Waals surface area contributed by atoms with Gasteiger partial charge in [-0.2, -0.15) is 0 Å². The first-order valence-electron chi connectivity index (χ1n) is 2.91. The number of aryl methyl sites for hydroxylation is 1. The summed E-state index contributed by atoms with van der Waals surface area (Å²) < 4.78 is 0.588. The van der Waals surface area contributed by atoms with Gasteiger partial charge in [0, 0.05) is 5.38 Å². The van der Waals surface area contributed by atoms with E-state index in [0.717, 1.165) is 17.1 Å². The minimum absolute atomic E-state index is 0.588. The summed E-state index contributed by atoms with van der Waals surface area (Å²) >= 11 is 10.4. The zero-order valence-corrected chi connectivity index (χ0v) is 8.02. The van der Waals surface area contributed by atoms with Crippen LogP contribution in [0.4, 0.5) is 0 Å². The number of aromatic nitrogens is 1. The first-order valence-corrected chi connectivity index (χ1v) is 4.65. The summed E-state index contributed by atoms with van der Waals surface area (Å²) in [4.78, 5) is 4.23. The molecule has 0 radical (unpaired) electrons. The van der Waals surface area contributed by atoms with Crippen LogP contribution in [0.5, 0.6) is 0 Å². The number of hydrogen-bond acceptors (Lipinski definition) is 3. The summed E-state index contributed by atoms with van der Waals surface area (Å²) in [5.41, 5.74) is 1.09. The van der Waals surface area contributed by atoms with Crippen LogP contribution in [0.15, 0.2) is 5.38 Å². The molecule has 1 heterocycles. The van der Waals surface area contributed by atoms with Crippen molar-refractivity contribution < 1.29 is 0 Å². The van der Waals surface area contributed by atoms with Gasteiger partial charge < -0.3 is 0 Å². The van der Waals surface area contributed by atoms with Crippen LogP contribution >= 0.6 is 36.2 Å². The van der Waals surface area contributed by atoms with Gasteiger partial charge >= 0.3 is 0 Å². The van der Waals surface area contributed by atoms with Crippen molar-refractivity contribution in [1.82, 2.24) is 4.98 Å². The fraction of sp³-hybridized carbons (Fsp3) is 0.333. The van der Waals surface area contributed by atoms with E-state index in [4.69, 9.17) is 12.2 Å². The second kappa shape index (κ2) is 3.46. The molecular weight excluding hydrogens is 182 g/mol. The van der Waals surface area contributed by atoms with Crippen molar-refractivity contribution in [1.29, 1.82) is 0 Å². The smallest absolute Gasteiger partial charge is 0.140 e. The van der Waals surface area contributed by atoms with E-state index in [2.05, 4.69) is 24.5 Å². The molecule has 0 amide bonds. The van der Waals surface area contributed by atoms with Crippen LogP contribution in [-0.2, 0) is 6.42 Å². The van der Waals surface area contributed by atoms with Crippen molar-refractivity contribution in [3.05, 3.63) is 16.1 Å². The highest BCUT2D eigenvalue weighted by atomic mass is 32.1. The summed E-state index contributed by atoms with van der Waals surface area (Å²) in [5, 5.41) is 2.87. The minimum Gasteiger partial charge on any atom is -0.240 e. The Balaban J connectivity index is 2.88. The van der Waals surface area contributed by atoms with Gasteiger partial charge in [-0.3, -0.25) is 0 Å². The highest BCUT2D eigenvalue weighted by molar-refractivity contribution is 8.12. The topological polar surface area (TPSA) is 12.9 Å². The van der Waals surface area contributed by atoms with Gasteiger partial charge in [0.1, 0.15) is 9.20 Å². The fourth-order valence-corrected chi connectivity index (χ4v) is 1.70. The van der Waals surface area contributed by atoms with Crippen LogP contribution in [0.1, 0.15) is 17.6 Å². The number of thiocarbonyl (C=S) groups is 1. The van der Waals surface area contributed by atoms with Crippen molar-refractivity contribution in [2.24, 2.45) is 0 Å². The van der Waals surface area contributed by atoms with E-state index >= 15 is 0 Å². The largest absolute Gasteiger partial charge is 0.240 e. The van der Waals surface area contributed by atoms with E-state index < -0.39 is 0 Å². The van der Waals surface area contributed by atoms with E-state index in [9.17, 15) is 0 Å². The lowest BCUT2D eigenvalue weighted by Gasteiger charge is -1.85. The van der Waals surface area contributed by atoms with Crippen LogP contribution in [-0.4, -0.2) is 9.18 Å². The van der Waals surface area contributed by atoms with E-state index in [1.54, 1.807) is 11.3 Å². The molecule has 10 heavy (non-hydrogen) atoms. The molecule has 0 fully saturated rings. The first kappa shape index (κ1) is 8.17. The van der Waals surface area contributed by atoms with Crippen molar-refractivity contribution in [2.75, 3.05) is 0 Å². The SMILES string of the molecule is CCc1csc(C(=S)S)n1. The van der Waals surface area contributed by atoms with Gasteiger partial charge in [0.2, 0.25) is 0 Å². The van der Waals surface area contributed by atoms with Crippen LogP contribution in [0.3, 0.4) is 0 Å². The van der Waals surface area contributed by atoms with Gasteiger partial charge in [-0.05, 0) is 6.42 Å². The van der Waals surface area contributed by atoms with Crippen molar-refractivity contribution in [2.45, 2.75) is 13.3 Å². The van der Waals surface area contributed by atoms with Gasteiger partial charge in [-0.15, -0.1) is 24.0 Å². The average molecular weight is 189 g/mol. The van der Waals surface area contributed by atoms with Crippen molar-refractivity contribution in [3.63, 3.8) is 0 Å². The molecule has 0 aromatic carbocycles. The molecule has 1 rings (SSSR count). The number of thiazole rings is 1. The van der Waals surface area contributed by atoms with Crippen LogP contribution in [0.25, 0.3) is 0 Å². The Labute approximate surface area is 74.9 Å². The summed E-state index contributed by atoms with van der Waals surface area (Å²) in [6.07, 6.45) is 0.965. The van der Waals surface area contributed by atoms with E-state index in [-0.39, 0.29) is 0 Å². The summed E-state index contributed by atoms with van der Waals surface area (Å²) in [7, 11) is 0. The second-order valence-electron chi connectivity index (χ2n) is 1.80. The molecule has 0 aliphatic carbocycles. The molecular formula is C6H7NS3. The number of thiol groups is 1. The van der Waals surface area contributed by atoms with E-state index in [1.165, 1.54) is 0 Å². The lowest BCUT2D eigenvalue weighted by Crippen LogP contribution is -1.86. The number of nitrogens with zero attached hydrogens (tertiary/aromatic N) is 1. The quantitative estimate of drug-likeness (QED) is 0.566. The third kappa shape index (κ3) is 1.78. The molecule has 0 aliphatic rings. The molecule has 0 spiro atoms. The Morgan fingerprint density at radius 2 is 2.60 bits per heavy atom. The lowest BCUT2D eigenvalue weighted by atomic mass is 10.4. The molecule has 0 saturated heterocycles. The van der Waals surface area contributed by atoms with Gasteiger partial charge in [-0.25, -0.2) is 4.98 Å². The molecule has 0 aliphatic heterocycles. The van der Waals surface area contributed by atoms with Crippen LogP contribution in [0.2, 0.25) is 0 Å². The third-order valence-electron chi connectivity index (χ3n) is 1.10. The zero-order valence-electron chi connectivity index (χ0n) is 5.50. The second-order valence-corrected chi connectivity index (χ2v) is 3.82. The summed E-state index contributed by atoms with van der Waals surface area (Å²) in [6, 6.07) is 0. The molecule has 0 N–H and O–H groups in total. The summed E-state index contributed by atoms with van der Waals surface area (Å²) in [6.45, 7) is 2.07. The maximum absolute atomic E-state index is 4.84. The highest BCUT2D eigenvalue weighted by Crippen LogP contribution is 2.12. The molecule has 1 aromatic rings. The Hall–Kier alpha value is 0.0700. The predicted octanol–water partition coefficient (Wildman–Crippen LogP) is 2.31. The molecule has 0 atom stereocenters. The van der Waals surface area contributed by atoms with Crippen molar-refractivity contribution >= 4 is 40.4 Å². The Morgan fingerprint density at radius 1 is 1.90 bits per heavy atom. The minimum atomic E-state index is 0.588. The molecule has 1 nitrogen and oxygen atoms in total. The Morgan fingerprint density at radius 3 is 2.90 bits per heavy atom. The fourth-order valence-electron chi connectivity index (χ4n) is 0.568. The summed E-state index contributed by atoms with van der Waals surface area (Å²) in [5.74, 6) is 0. The lowest BCUT2D eigenvalue weighted by molar-refractivity contribution is 1.06. The normalized spacial score (nSPS) is 9.80. The standard InChI is InChI=1S/C6H7NS3/c1-2-4-3-10-5(7-4)6(8)9/h3H,2H2,1H3,(H,8,9). The Bertz CT molecular complexity index is 241. The highest BCUT2D eigenvalue weighted by Gasteiger charge is 2.00. The van der Waals surface area contributed by atoms with Crippen molar-refractivity contribution in [3.8, 4) is 0 Å². The van der Waals surface area contributed by atoms with Crippen LogP contribution < -0.4 is 0 Å². The molecule has 1 aromatic heterocycles.